The van der Waals surface area contributed by atoms with E-state index in [1.54, 1.807) is 25.5 Å². The van der Waals surface area contributed by atoms with Gasteiger partial charge in [0.25, 0.3) is 5.91 Å². The summed E-state index contributed by atoms with van der Waals surface area (Å²) in [5.41, 5.74) is 1.16. The molecule has 1 saturated heterocycles. The fraction of sp³-hybridized carbons (Fsp3) is 0.389. The molecule has 1 unspecified atom stereocenters. The highest BCUT2D eigenvalue weighted by Gasteiger charge is 2.28. The number of methoxy groups -OCH3 is 1. The summed E-state index contributed by atoms with van der Waals surface area (Å²) in [7, 11) is 1.66. The van der Waals surface area contributed by atoms with Gasteiger partial charge in [0.15, 0.2) is 5.76 Å². The summed E-state index contributed by atoms with van der Waals surface area (Å²) in [5, 5.41) is 0. The van der Waals surface area contributed by atoms with Crippen molar-refractivity contribution in [3.05, 3.63) is 54.0 Å². The SMILES string of the molecule is COc1ccc(C2CCCCCN2C(=O)c2ccco2)cc1. The molecule has 2 aromatic rings. The van der Waals surface area contributed by atoms with Crippen LogP contribution in [-0.4, -0.2) is 24.5 Å². The van der Waals surface area contributed by atoms with E-state index in [1.807, 2.05) is 17.0 Å². The van der Waals surface area contributed by atoms with Crippen molar-refractivity contribution in [3.8, 4) is 5.75 Å². The molecule has 1 fully saturated rings. The van der Waals surface area contributed by atoms with Crippen molar-refractivity contribution in [2.24, 2.45) is 0 Å². The van der Waals surface area contributed by atoms with Crippen LogP contribution in [0.4, 0.5) is 0 Å². The molecule has 0 radical (unpaired) electrons. The Hall–Kier alpha value is -2.23. The molecule has 116 valence electrons. The van der Waals surface area contributed by atoms with Crippen LogP contribution >= 0.6 is 0 Å². The molecule has 1 aromatic carbocycles. The van der Waals surface area contributed by atoms with Crippen LogP contribution in [0.3, 0.4) is 0 Å². The summed E-state index contributed by atoms with van der Waals surface area (Å²) in [6.07, 6.45) is 5.87. The highest BCUT2D eigenvalue weighted by atomic mass is 16.5. The molecule has 1 atom stereocenters. The van der Waals surface area contributed by atoms with Crippen molar-refractivity contribution in [2.45, 2.75) is 31.7 Å². The quantitative estimate of drug-likeness (QED) is 0.859. The zero-order chi connectivity index (χ0) is 15.4. The molecule has 1 aliphatic rings. The number of hydrogen-bond donors (Lipinski definition) is 0. The lowest BCUT2D eigenvalue weighted by atomic mass is 10.0. The molecule has 3 rings (SSSR count). The van der Waals surface area contributed by atoms with Crippen LogP contribution in [0.15, 0.2) is 47.1 Å². The van der Waals surface area contributed by atoms with E-state index in [4.69, 9.17) is 9.15 Å². The second-order valence-corrected chi connectivity index (χ2v) is 5.61. The average molecular weight is 299 g/mol. The van der Waals surface area contributed by atoms with Gasteiger partial charge in [-0.15, -0.1) is 0 Å². The summed E-state index contributed by atoms with van der Waals surface area (Å²) >= 11 is 0. The molecule has 0 N–H and O–H groups in total. The van der Waals surface area contributed by atoms with Crippen LogP contribution in [0.2, 0.25) is 0 Å². The van der Waals surface area contributed by atoms with Gasteiger partial charge in [0.1, 0.15) is 5.75 Å². The first-order valence-electron chi connectivity index (χ1n) is 7.78. The third kappa shape index (κ3) is 3.01. The lowest BCUT2D eigenvalue weighted by Gasteiger charge is -2.30. The van der Waals surface area contributed by atoms with E-state index in [1.165, 1.54) is 0 Å². The number of likely N-dealkylation sites (tertiary alicyclic amines) is 1. The minimum absolute atomic E-state index is 0.0206. The number of hydrogen-bond acceptors (Lipinski definition) is 3. The second-order valence-electron chi connectivity index (χ2n) is 5.61. The summed E-state index contributed by atoms with van der Waals surface area (Å²) < 4.78 is 10.5. The molecular weight excluding hydrogens is 278 g/mol. The fourth-order valence-corrected chi connectivity index (χ4v) is 3.07. The average Bonchev–Trinajstić information content (AvgIpc) is 2.99. The number of nitrogens with zero attached hydrogens (tertiary/aromatic N) is 1. The largest absolute Gasteiger partial charge is 0.497 e. The predicted octanol–water partition coefficient (Wildman–Crippen LogP) is 4.05. The molecule has 0 spiro atoms. The zero-order valence-corrected chi connectivity index (χ0v) is 12.8. The Morgan fingerprint density at radius 2 is 2.00 bits per heavy atom. The van der Waals surface area contributed by atoms with Crippen molar-refractivity contribution in [1.29, 1.82) is 0 Å². The molecule has 4 heteroatoms. The van der Waals surface area contributed by atoms with Gasteiger partial charge in [-0.3, -0.25) is 4.79 Å². The summed E-state index contributed by atoms with van der Waals surface area (Å²) in [5.74, 6) is 1.23. The Morgan fingerprint density at radius 1 is 1.18 bits per heavy atom. The van der Waals surface area contributed by atoms with Gasteiger partial charge < -0.3 is 14.1 Å². The van der Waals surface area contributed by atoms with E-state index in [9.17, 15) is 4.79 Å². The van der Waals surface area contributed by atoms with E-state index >= 15 is 0 Å². The molecular formula is C18H21NO3. The smallest absolute Gasteiger partial charge is 0.290 e. The molecule has 1 amide bonds. The van der Waals surface area contributed by atoms with Gasteiger partial charge in [-0.1, -0.05) is 25.0 Å². The molecule has 22 heavy (non-hydrogen) atoms. The number of carbonyl (C=O) groups excluding carboxylic acids is 1. The predicted molar refractivity (Wildman–Crippen MR) is 83.9 cm³/mol. The molecule has 0 aliphatic carbocycles. The van der Waals surface area contributed by atoms with Crippen LogP contribution < -0.4 is 4.74 Å². The lowest BCUT2D eigenvalue weighted by Crippen LogP contribution is -2.34. The van der Waals surface area contributed by atoms with Crippen LogP contribution in [0.1, 0.15) is 47.8 Å². The topological polar surface area (TPSA) is 42.7 Å². The standard InChI is InChI=1S/C18H21NO3/c1-21-15-10-8-14(9-11-15)16-6-3-2-4-12-19(16)18(20)17-7-5-13-22-17/h5,7-11,13,16H,2-4,6,12H2,1H3. The zero-order valence-electron chi connectivity index (χ0n) is 12.8. The summed E-state index contributed by atoms with van der Waals surface area (Å²) in [6.45, 7) is 0.774. The first kappa shape index (κ1) is 14.7. The van der Waals surface area contributed by atoms with Crippen molar-refractivity contribution in [2.75, 3.05) is 13.7 Å². The third-order valence-electron chi connectivity index (χ3n) is 4.25. The molecule has 2 heterocycles. The monoisotopic (exact) mass is 299 g/mol. The first-order valence-corrected chi connectivity index (χ1v) is 7.78. The summed E-state index contributed by atoms with van der Waals surface area (Å²) in [4.78, 5) is 14.7. The van der Waals surface area contributed by atoms with Gasteiger partial charge in [-0.2, -0.15) is 0 Å². The minimum atomic E-state index is -0.0206. The normalized spacial score (nSPS) is 18.8. The molecule has 1 aliphatic heterocycles. The Kier molecular flexibility index (Phi) is 4.47. The Balaban J connectivity index is 1.88. The van der Waals surface area contributed by atoms with E-state index in [-0.39, 0.29) is 11.9 Å². The maximum atomic E-state index is 12.7. The van der Waals surface area contributed by atoms with E-state index in [0.717, 1.165) is 43.5 Å². The Labute approximate surface area is 130 Å². The maximum absolute atomic E-state index is 12.7. The van der Waals surface area contributed by atoms with Crippen molar-refractivity contribution in [1.82, 2.24) is 4.90 Å². The van der Waals surface area contributed by atoms with Crippen LogP contribution in [0.25, 0.3) is 0 Å². The number of carbonyl (C=O) groups is 1. The van der Waals surface area contributed by atoms with Crippen LogP contribution in [0.5, 0.6) is 5.75 Å². The van der Waals surface area contributed by atoms with Gasteiger partial charge in [0, 0.05) is 6.54 Å². The van der Waals surface area contributed by atoms with E-state index in [0.29, 0.717) is 5.76 Å². The maximum Gasteiger partial charge on any atom is 0.290 e. The molecule has 1 aromatic heterocycles. The lowest BCUT2D eigenvalue weighted by molar-refractivity contribution is 0.0648. The highest BCUT2D eigenvalue weighted by Crippen LogP contribution is 2.32. The fourth-order valence-electron chi connectivity index (χ4n) is 3.07. The van der Waals surface area contributed by atoms with E-state index in [2.05, 4.69) is 12.1 Å². The molecule has 4 nitrogen and oxygen atoms in total. The van der Waals surface area contributed by atoms with Crippen molar-refractivity contribution < 1.29 is 13.9 Å². The number of rotatable bonds is 3. The van der Waals surface area contributed by atoms with Crippen LogP contribution in [-0.2, 0) is 0 Å². The van der Waals surface area contributed by atoms with Gasteiger partial charge >= 0.3 is 0 Å². The van der Waals surface area contributed by atoms with E-state index < -0.39 is 0 Å². The van der Waals surface area contributed by atoms with Gasteiger partial charge in [0.2, 0.25) is 0 Å². The molecule has 0 bridgehead atoms. The minimum Gasteiger partial charge on any atom is -0.497 e. The van der Waals surface area contributed by atoms with Crippen molar-refractivity contribution in [3.63, 3.8) is 0 Å². The van der Waals surface area contributed by atoms with Gasteiger partial charge in [0.05, 0.1) is 19.4 Å². The number of ether oxygens (including phenoxy) is 1. The molecule has 0 saturated carbocycles. The van der Waals surface area contributed by atoms with Crippen molar-refractivity contribution >= 4 is 5.91 Å². The Bertz CT molecular complexity index is 604. The number of amides is 1. The summed E-state index contributed by atoms with van der Waals surface area (Å²) in [6, 6.07) is 11.6. The number of furan rings is 1. The van der Waals surface area contributed by atoms with Gasteiger partial charge in [-0.25, -0.2) is 0 Å². The highest BCUT2D eigenvalue weighted by molar-refractivity contribution is 5.91. The van der Waals surface area contributed by atoms with Gasteiger partial charge in [-0.05, 0) is 42.7 Å². The number of benzene rings is 1. The third-order valence-corrected chi connectivity index (χ3v) is 4.25. The first-order chi connectivity index (χ1) is 10.8. The second kappa shape index (κ2) is 6.69. The van der Waals surface area contributed by atoms with Crippen LogP contribution in [0, 0.1) is 0 Å². The Morgan fingerprint density at radius 3 is 2.68 bits per heavy atom.